The summed E-state index contributed by atoms with van der Waals surface area (Å²) in [6, 6.07) is -26.8. The predicted octanol–water partition coefficient (Wildman–Crippen LogP) is 9.16. The van der Waals surface area contributed by atoms with E-state index in [0.717, 1.165) is 0 Å². The van der Waals surface area contributed by atoms with Gasteiger partial charge in [-0.15, -0.1) is 9.80 Å². The minimum absolute atomic E-state index is 0.226. The van der Waals surface area contributed by atoms with Gasteiger partial charge in [-0.25, -0.2) is 18.4 Å². The van der Waals surface area contributed by atoms with Crippen LogP contribution in [0.1, 0.15) is 0 Å². The second kappa shape index (κ2) is 12.1. The molecule has 0 aromatic heterocycles. The third-order valence-corrected chi connectivity index (χ3v) is 7.79. The molecule has 2 saturated heterocycles. The largest absolute Gasteiger partial charge is 0.448 e. The summed E-state index contributed by atoms with van der Waals surface area (Å²) in [6.45, 7) is 0. The van der Waals surface area contributed by atoms with Crippen LogP contribution in [0, 0.1) is 0 Å². The molecule has 0 aliphatic carbocycles. The number of benzene rings is 2. The molecule has 0 unspecified atom stereocenters. The lowest BCUT2D eigenvalue weighted by molar-refractivity contribution is -0.382. The number of carbonyl (C=O) groups is 2. The highest BCUT2D eigenvalue weighted by atomic mass is 19.4. The van der Waals surface area contributed by atoms with Crippen molar-refractivity contribution >= 4 is 11.9 Å². The molecule has 56 heavy (non-hydrogen) atoms. The van der Waals surface area contributed by atoms with Crippen LogP contribution in [0.25, 0.3) is 11.1 Å². The molecule has 314 valence electrons. The molecule has 2 atom stereocenters. The summed E-state index contributed by atoms with van der Waals surface area (Å²) in [4.78, 5) is 16.7. The molecule has 2 aliphatic rings. The van der Waals surface area contributed by atoms with Gasteiger partial charge in [0.1, 0.15) is 11.5 Å². The van der Waals surface area contributed by atoms with Crippen LogP contribution in [0.15, 0.2) is 48.5 Å². The van der Waals surface area contributed by atoms with Crippen LogP contribution in [-0.2, 0) is 9.59 Å². The van der Waals surface area contributed by atoms with Crippen molar-refractivity contribution in [2.24, 2.45) is 0 Å². The van der Waals surface area contributed by atoms with Gasteiger partial charge in [0.15, 0.2) is 0 Å². The standard InChI is InChI=1S/C26H8F24N2O4/c27-15(21(37,38)39,51-23(43,44)17(29,30)18(31,32)24(51,45)46)13(53)55-11-5-1-9(2-6-11)10-3-7-12(8-4-10)56-14(54)16(28,22(40,41)42)52-25(47,48)19(33,34)20(35,36)26(52,49)50/h1-8H/t15-,16-/m1/s1. The number of halogens is 24. The summed E-state index contributed by atoms with van der Waals surface area (Å²) in [5.41, 5.74) is -0.810. The molecule has 2 aromatic carbocycles. The third-order valence-electron chi connectivity index (χ3n) is 7.79. The molecule has 0 amide bonds. The Morgan fingerprint density at radius 2 is 0.589 bits per heavy atom. The smallest absolute Gasteiger partial charge is 0.423 e. The quantitative estimate of drug-likeness (QED) is 0.120. The van der Waals surface area contributed by atoms with Gasteiger partial charge < -0.3 is 9.47 Å². The van der Waals surface area contributed by atoms with Gasteiger partial charge in [0, 0.05) is 0 Å². The first-order chi connectivity index (χ1) is 24.7. The first-order valence-corrected chi connectivity index (χ1v) is 13.5. The second-order valence-corrected chi connectivity index (χ2v) is 11.2. The van der Waals surface area contributed by atoms with Crippen molar-refractivity contribution in [2.45, 2.75) is 71.8 Å². The molecule has 0 radical (unpaired) electrons. The summed E-state index contributed by atoms with van der Waals surface area (Å²) in [7, 11) is 0. The minimum Gasteiger partial charge on any atom is -0.423 e. The molecule has 30 heteroatoms. The van der Waals surface area contributed by atoms with Crippen LogP contribution in [0.5, 0.6) is 11.5 Å². The molecule has 0 saturated carbocycles. The van der Waals surface area contributed by atoms with Gasteiger partial charge in [-0.1, -0.05) is 24.3 Å². The van der Waals surface area contributed by atoms with Crippen LogP contribution in [-0.4, -0.2) is 93.6 Å². The lowest BCUT2D eigenvalue weighted by atomic mass is 10.1. The van der Waals surface area contributed by atoms with Crippen molar-refractivity contribution in [3.05, 3.63) is 48.5 Å². The van der Waals surface area contributed by atoms with E-state index < -0.39 is 116 Å². The number of hydrogen-bond donors (Lipinski definition) is 0. The lowest BCUT2D eigenvalue weighted by Gasteiger charge is -2.38. The topological polar surface area (TPSA) is 59.1 Å². The SMILES string of the molecule is O=C(Oc1ccc(-c2ccc(OC(=O)[C@@](F)(N3C(F)(F)C(F)(F)C(F)(F)C3(F)F)C(F)(F)F)cc2)cc1)[C@@](F)(N1C(F)(F)C(F)(F)C(F)(F)C1(F)F)C(F)(F)F. The monoisotopic (exact) mass is 868 g/mol. The zero-order valence-electron chi connectivity index (χ0n) is 25.2. The van der Waals surface area contributed by atoms with Gasteiger partial charge >= 0.3 is 83.8 Å². The summed E-state index contributed by atoms with van der Waals surface area (Å²) in [5, 5.41) is 0. The van der Waals surface area contributed by atoms with E-state index in [9.17, 15) is 106 Å². The Bertz CT molecular complexity index is 1690. The number of rotatable bonds is 7. The Morgan fingerprint density at radius 1 is 0.393 bits per heavy atom. The van der Waals surface area contributed by atoms with Crippen LogP contribution in [0.4, 0.5) is 105 Å². The summed E-state index contributed by atoms with van der Waals surface area (Å²) < 4.78 is 339. The van der Waals surface area contributed by atoms with Crippen LogP contribution >= 0.6 is 0 Å². The fourth-order valence-corrected chi connectivity index (χ4v) is 4.89. The third kappa shape index (κ3) is 5.38. The molecule has 2 aromatic rings. The van der Waals surface area contributed by atoms with E-state index in [2.05, 4.69) is 9.47 Å². The molecule has 2 aliphatic heterocycles. The van der Waals surface area contributed by atoms with E-state index in [-0.39, 0.29) is 24.3 Å². The average Bonchev–Trinajstić information content (AvgIpc) is 3.15. The Balaban J connectivity index is 1.61. The van der Waals surface area contributed by atoms with E-state index in [1.54, 1.807) is 0 Å². The maximum atomic E-state index is 15.0. The van der Waals surface area contributed by atoms with Gasteiger partial charge in [-0.2, -0.15) is 96.6 Å². The fraction of sp³-hybridized carbons (Fsp3) is 0.462. The fourth-order valence-electron chi connectivity index (χ4n) is 4.89. The second-order valence-electron chi connectivity index (χ2n) is 11.2. The van der Waals surface area contributed by atoms with Crippen molar-refractivity contribution in [2.75, 3.05) is 0 Å². The summed E-state index contributed by atoms with van der Waals surface area (Å²) in [5.74, 6) is -54.9. The minimum atomic E-state index is -7.45. The number of alkyl halides is 24. The first-order valence-electron chi connectivity index (χ1n) is 13.5. The van der Waals surface area contributed by atoms with E-state index in [1.165, 1.54) is 0 Å². The van der Waals surface area contributed by atoms with Gasteiger partial charge in [-0.05, 0) is 35.4 Å². The Labute approximate surface area is 290 Å². The average molecular weight is 868 g/mol. The molecule has 0 bridgehead atoms. The van der Waals surface area contributed by atoms with Crippen molar-refractivity contribution in [3.63, 3.8) is 0 Å². The zero-order chi connectivity index (χ0) is 43.7. The Morgan fingerprint density at radius 3 is 0.768 bits per heavy atom. The predicted molar refractivity (Wildman–Crippen MR) is 126 cm³/mol. The number of nitrogens with zero attached hydrogens (tertiary/aromatic N) is 2. The Kier molecular flexibility index (Phi) is 9.56. The number of hydrogen-bond acceptors (Lipinski definition) is 6. The van der Waals surface area contributed by atoms with Gasteiger partial charge in [-0.3, -0.25) is 0 Å². The molecular formula is C26H8F24N2O4. The highest BCUT2D eigenvalue weighted by molar-refractivity contribution is 5.84. The van der Waals surface area contributed by atoms with E-state index >= 15 is 8.78 Å². The number of esters is 2. The van der Waals surface area contributed by atoms with Crippen molar-refractivity contribution in [1.29, 1.82) is 0 Å². The van der Waals surface area contributed by atoms with Crippen LogP contribution in [0.2, 0.25) is 0 Å². The van der Waals surface area contributed by atoms with Crippen molar-refractivity contribution < 1.29 is 124 Å². The van der Waals surface area contributed by atoms with E-state index in [1.807, 2.05) is 0 Å². The molecule has 0 spiro atoms. The Hall–Kier alpha value is -4.38. The molecule has 4 rings (SSSR count). The van der Waals surface area contributed by atoms with Gasteiger partial charge in [0.25, 0.3) is 0 Å². The van der Waals surface area contributed by atoms with Crippen molar-refractivity contribution in [3.8, 4) is 22.6 Å². The van der Waals surface area contributed by atoms with Crippen molar-refractivity contribution in [1.82, 2.24) is 9.80 Å². The highest BCUT2D eigenvalue weighted by Crippen LogP contribution is 2.68. The number of ether oxygens (including phenoxy) is 2. The molecule has 2 fully saturated rings. The highest BCUT2D eigenvalue weighted by Gasteiger charge is 3.00. The van der Waals surface area contributed by atoms with Gasteiger partial charge in [0.2, 0.25) is 0 Å². The lowest BCUT2D eigenvalue weighted by Crippen LogP contribution is -2.70. The zero-order valence-corrected chi connectivity index (χ0v) is 25.2. The normalized spacial score (nSPS) is 25.5. The molecule has 0 N–H and O–H groups in total. The summed E-state index contributed by atoms with van der Waals surface area (Å²) >= 11 is 0. The maximum Gasteiger partial charge on any atom is 0.448 e. The summed E-state index contributed by atoms with van der Waals surface area (Å²) in [6.07, 6.45) is -14.9. The first kappa shape index (κ1) is 44.3. The van der Waals surface area contributed by atoms with E-state index in [4.69, 9.17) is 0 Å². The maximum absolute atomic E-state index is 15.0. The van der Waals surface area contributed by atoms with Gasteiger partial charge in [0.05, 0.1) is 0 Å². The molecule has 2 heterocycles. The van der Waals surface area contributed by atoms with Crippen LogP contribution < -0.4 is 9.47 Å². The molecular weight excluding hydrogens is 860 g/mol. The molecule has 6 nitrogen and oxygen atoms in total. The number of likely N-dealkylation sites (tertiary alicyclic amines) is 2. The van der Waals surface area contributed by atoms with E-state index in [0.29, 0.717) is 24.3 Å². The number of carbonyl (C=O) groups excluding carboxylic acids is 2. The van der Waals surface area contributed by atoms with Crippen LogP contribution in [0.3, 0.4) is 0 Å².